The third-order valence-corrected chi connectivity index (χ3v) is 6.55. The molecule has 1 heterocycles. The predicted octanol–water partition coefficient (Wildman–Crippen LogP) is 6.17. The average Bonchev–Trinajstić information content (AvgIpc) is 3.27. The van der Waals surface area contributed by atoms with Gasteiger partial charge in [-0.05, 0) is 73.9 Å². The highest BCUT2D eigenvalue weighted by molar-refractivity contribution is 6.32. The number of carbonyl (C=O) groups is 1. The second-order valence-electron chi connectivity index (χ2n) is 8.80. The SMILES string of the molecule is CCOC(=O)c1nnn(Cc2ccc(OC)cc2)c1OC1CCC(c2ccc(OC(F)(F)F)c(Cl)c2)CC1. The highest BCUT2D eigenvalue weighted by atomic mass is 35.5. The molecule has 0 aliphatic heterocycles. The number of esters is 1. The van der Waals surface area contributed by atoms with Crippen LogP contribution in [0.3, 0.4) is 0 Å². The maximum atomic E-state index is 12.5. The Morgan fingerprint density at radius 2 is 1.82 bits per heavy atom. The van der Waals surface area contributed by atoms with Gasteiger partial charge < -0.3 is 18.9 Å². The molecule has 0 spiro atoms. The fourth-order valence-electron chi connectivity index (χ4n) is 4.41. The first-order chi connectivity index (χ1) is 18.2. The van der Waals surface area contributed by atoms with Crippen LogP contribution in [0.15, 0.2) is 42.5 Å². The molecule has 8 nitrogen and oxygen atoms in total. The summed E-state index contributed by atoms with van der Waals surface area (Å²) in [5, 5.41) is 8.06. The van der Waals surface area contributed by atoms with Crippen molar-refractivity contribution in [3.8, 4) is 17.4 Å². The highest BCUT2D eigenvalue weighted by Gasteiger charge is 2.33. The number of aromatic nitrogens is 3. The van der Waals surface area contributed by atoms with Gasteiger partial charge >= 0.3 is 12.3 Å². The van der Waals surface area contributed by atoms with Crippen LogP contribution in [-0.2, 0) is 11.3 Å². The van der Waals surface area contributed by atoms with E-state index in [9.17, 15) is 18.0 Å². The van der Waals surface area contributed by atoms with E-state index in [1.807, 2.05) is 24.3 Å². The number of carbonyl (C=O) groups excluding carboxylic acids is 1. The smallest absolute Gasteiger partial charge is 0.497 e. The zero-order valence-electron chi connectivity index (χ0n) is 20.8. The fourth-order valence-corrected chi connectivity index (χ4v) is 4.63. The highest BCUT2D eigenvalue weighted by Crippen LogP contribution is 2.39. The lowest BCUT2D eigenvalue weighted by molar-refractivity contribution is -0.274. The molecule has 1 aliphatic carbocycles. The molecule has 1 aromatic heterocycles. The number of hydrogen-bond donors (Lipinski definition) is 0. The first kappa shape index (κ1) is 27.6. The van der Waals surface area contributed by atoms with Crippen molar-refractivity contribution in [1.29, 1.82) is 0 Å². The molecule has 0 saturated heterocycles. The minimum absolute atomic E-state index is 0.00882. The van der Waals surface area contributed by atoms with Crippen LogP contribution in [0.25, 0.3) is 0 Å². The molecule has 1 fully saturated rings. The van der Waals surface area contributed by atoms with Crippen molar-refractivity contribution in [1.82, 2.24) is 15.0 Å². The molecular weight excluding hydrogens is 527 g/mol. The number of halogens is 4. The number of rotatable bonds is 9. The molecule has 0 N–H and O–H groups in total. The van der Waals surface area contributed by atoms with Crippen molar-refractivity contribution in [2.24, 2.45) is 0 Å². The quantitative estimate of drug-likeness (QED) is 0.293. The Morgan fingerprint density at radius 1 is 1.11 bits per heavy atom. The zero-order valence-corrected chi connectivity index (χ0v) is 21.6. The summed E-state index contributed by atoms with van der Waals surface area (Å²) in [6.45, 7) is 2.21. The average molecular weight is 554 g/mol. The molecule has 3 aromatic rings. The van der Waals surface area contributed by atoms with Gasteiger partial charge in [0.25, 0.3) is 0 Å². The van der Waals surface area contributed by atoms with Gasteiger partial charge in [-0.15, -0.1) is 18.3 Å². The summed E-state index contributed by atoms with van der Waals surface area (Å²) in [5.41, 5.74) is 1.76. The topological polar surface area (TPSA) is 84.7 Å². The minimum atomic E-state index is -4.81. The van der Waals surface area contributed by atoms with E-state index in [-0.39, 0.29) is 35.2 Å². The van der Waals surface area contributed by atoms with Crippen LogP contribution < -0.4 is 14.2 Å². The number of alkyl halides is 3. The molecule has 1 aliphatic rings. The third kappa shape index (κ3) is 6.89. The van der Waals surface area contributed by atoms with Crippen molar-refractivity contribution >= 4 is 17.6 Å². The largest absolute Gasteiger partial charge is 0.573 e. The number of hydrogen-bond acceptors (Lipinski definition) is 7. The first-order valence-electron chi connectivity index (χ1n) is 12.1. The summed E-state index contributed by atoms with van der Waals surface area (Å²) >= 11 is 6.03. The van der Waals surface area contributed by atoms with Crippen molar-refractivity contribution in [3.05, 3.63) is 64.3 Å². The van der Waals surface area contributed by atoms with E-state index in [4.69, 9.17) is 25.8 Å². The van der Waals surface area contributed by atoms with Gasteiger partial charge in [0.1, 0.15) is 17.6 Å². The predicted molar refractivity (Wildman–Crippen MR) is 132 cm³/mol. The van der Waals surface area contributed by atoms with Crippen molar-refractivity contribution < 1.29 is 36.9 Å². The summed E-state index contributed by atoms with van der Waals surface area (Å²) in [5.74, 6) is 0.00665. The van der Waals surface area contributed by atoms with E-state index in [2.05, 4.69) is 15.0 Å². The normalized spacial score (nSPS) is 17.6. The van der Waals surface area contributed by atoms with E-state index < -0.39 is 18.1 Å². The number of methoxy groups -OCH3 is 1. The van der Waals surface area contributed by atoms with E-state index in [1.165, 1.54) is 16.8 Å². The molecule has 204 valence electrons. The van der Waals surface area contributed by atoms with Crippen LogP contribution in [-0.4, -0.2) is 47.1 Å². The zero-order chi connectivity index (χ0) is 27.3. The van der Waals surface area contributed by atoms with Gasteiger partial charge in [-0.3, -0.25) is 0 Å². The Balaban J connectivity index is 1.45. The van der Waals surface area contributed by atoms with E-state index in [0.29, 0.717) is 19.4 Å². The van der Waals surface area contributed by atoms with E-state index in [1.54, 1.807) is 20.1 Å². The van der Waals surface area contributed by atoms with Gasteiger partial charge in [0.15, 0.2) is 0 Å². The Labute approximate surface area is 222 Å². The Hall–Kier alpha value is -3.47. The maximum absolute atomic E-state index is 12.5. The molecule has 4 rings (SSSR count). The van der Waals surface area contributed by atoms with Gasteiger partial charge in [0.05, 0.1) is 25.3 Å². The minimum Gasteiger partial charge on any atom is -0.497 e. The molecule has 0 bridgehead atoms. The monoisotopic (exact) mass is 553 g/mol. The van der Waals surface area contributed by atoms with Crippen LogP contribution >= 0.6 is 11.6 Å². The lowest BCUT2D eigenvalue weighted by atomic mass is 9.82. The molecule has 0 amide bonds. The van der Waals surface area contributed by atoms with Crippen LogP contribution in [0.5, 0.6) is 17.4 Å². The van der Waals surface area contributed by atoms with Crippen molar-refractivity contribution in [2.75, 3.05) is 13.7 Å². The lowest BCUT2D eigenvalue weighted by Gasteiger charge is -2.29. The summed E-state index contributed by atoms with van der Waals surface area (Å²) in [4.78, 5) is 12.5. The second kappa shape index (κ2) is 11.9. The second-order valence-corrected chi connectivity index (χ2v) is 9.21. The van der Waals surface area contributed by atoms with Crippen molar-refractivity contribution in [3.63, 3.8) is 0 Å². The molecular formula is C26H27ClF3N3O5. The Kier molecular flexibility index (Phi) is 8.65. The standard InChI is InChI=1S/C26H27ClF3N3O5/c1-3-36-25(34)23-24(33(32-31-23)15-16-4-9-19(35-2)10-5-16)37-20-11-6-17(7-12-20)18-8-13-22(21(27)14-18)38-26(28,29)30/h4-5,8-10,13-14,17,20H,3,6-7,11-12,15H2,1-2H3. The van der Waals surface area contributed by atoms with Gasteiger partial charge in [0.2, 0.25) is 11.6 Å². The van der Waals surface area contributed by atoms with Crippen LogP contribution in [0.2, 0.25) is 5.02 Å². The van der Waals surface area contributed by atoms with Crippen LogP contribution in [0.1, 0.15) is 60.1 Å². The fraction of sp³-hybridized carbons (Fsp3) is 0.423. The summed E-state index contributed by atoms with van der Waals surface area (Å²) < 4.78 is 59.7. The Bertz CT molecular complexity index is 1240. The first-order valence-corrected chi connectivity index (χ1v) is 12.5. The lowest BCUT2D eigenvalue weighted by Crippen LogP contribution is -2.25. The summed E-state index contributed by atoms with van der Waals surface area (Å²) in [6.07, 6.45) is -2.28. The number of nitrogens with zero attached hydrogens (tertiary/aromatic N) is 3. The van der Waals surface area contributed by atoms with Crippen molar-refractivity contribution in [2.45, 2.75) is 57.5 Å². The number of ether oxygens (including phenoxy) is 4. The van der Waals surface area contributed by atoms with E-state index >= 15 is 0 Å². The third-order valence-electron chi connectivity index (χ3n) is 6.26. The number of benzene rings is 2. The maximum Gasteiger partial charge on any atom is 0.573 e. The van der Waals surface area contributed by atoms with Gasteiger partial charge in [0, 0.05) is 0 Å². The molecule has 0 atom stereocenters. The summed E-state index contributed by atoms with van der Waals surface area (Å²) in [7, 11) is 1.59. The van der Waals surface area contributed by atoms with Gasteiger partial charge in [-0.1, -0.05) is 35.0 Å². The van der Waals surface area contributed by atoms with Gasteiger partial charge in [-0.2, -0.15) is 0 Å². The molecule has 2 aromatic carbocycles. The molecule has 0 unspecified atom stereocenters. The van der Waals surface area contributed by atoms with Gasteiger partial charge in [-0.25, -0.2) is 9.48 Å². The molecule has 1 saturated carbocycles. The molecule has 12 heteroatoms. The molecule has 38 heavy (non-hydrogen) atoms. The van der Waals surface area contributed by atoms with E-state index in [0.717, 1.165) is 29.7 Å². The summed E-state index contributed by atoms with van der Waals surface area (Å²) in [6, 6.07) is 11.8. The van der Waals surface area contributed by atoms with Crippen LogP contribution in [0.4, 0.5) is 13.2 Å². The Morgan fingerprint density at radius 3 is 2.42 bits per heavy atom. The van der Waals surface area contributed by atoms with Crippen LogP contribution in [0, 0.1) is 0 Å². The molecule has 0 radical (unpaired) electrons.